The summed E-state index contributed by atoms with van der Waals surface area (Å²) in [6.07, 6.45) is 0. The number of pyridine rings is 1. The molecule has 0 atom stereocenters. The maximum Gasteiger partial charge on any atom is 0.266 e. The van der Waals surface area contributed by atoms with Crippen LogP contribution in [0.4, 0.5) is 4.39 Å². The Morgan fingerprint density at radius 3 is 2.56 bits per heavy atom. The normalized spacial score (nSPS) is 10.1. The molecule has 3 nitrogen and oxygen atoms in total. The minimum atomic E-state index is -0.420. The predicted octanol–water partition coefficient (Wildman–Crippen LogP) is 2.67. The monoisotopic (exact) mass is 242 g/mol. The van der Waals surface area contributed by atoms with Crippen molar-refractivity contribution in [2.75, 3.05) is 0 Å². The van der Waals surface area contributed by atoms with Crippen LogP contribution in [-0.4, -0.2) is 4.98 Å². The van der Waals surface area contributed by atoms with Crippen LogP contribution in [0.1, 0.15) is 16.8 Å². The van der Waals surface area contributed by atoms with Gasteiger partial charge in [0.2, 0.25) is 0 Å². The maximum absolute atomic E-state index is 13.1. The van der Waals surface area contributed by atoms with E-state index in [1.807, 2.05) is 6.07 Å². The number of H-pyrrole nitrogens is 1. The smallest absolute Gasteiger partial charge is 0.266 e. The highest BCUT2D eigenvalue weighted by Crippen LogP contribution is 2.25. The van der Waals surface area contributed by atoms with Crippen LogP contribution >= 0.6 is 0 Å². The summed E-state index contributed by atoms with van der Waals surface area (Å²) < 4.78 is 13.1. The van der Waals surface area contributed by atoms with Gasteiger partial charge in [0.05, 0.1) is 0 Å². The third-order valence-electron chi connectivity index (χ3n) is 2.76. The van der Waals surface area contributed by atoms with Gasteiger partial charge < -0.3 is 4.98 Å². The molecule has 18 heavy (non-hydrogen) atoms. The first kappa shape index (κ1) is 12.1. The van der Waals surface area contributed by atoms with Gasteiger partial charge in [0.1, 0.15) is 17.4 Å². The van der Waals surface area contributed by atoms with Gasteiger partial charge in [-0.15, -0.1) is 0 Å². The zero-order chi connectivity index (χ0) is 13.3. The van der Waals surface area contributed by atoms with Crippen LogP contribution in [0, 0.1) is 31.0 Å². The first-order valence-electron chi connectivity index (χ1n) is 5.43. The first-order valence-corrected chi connectivity index (χ1v) is 5.43. The van der Waals surface area contributed by atoms with Crippen molar-refractivity contribution in [3.63, 3.8) is 0 Å². The molecule has 0 saturated carbocycles. The van der Waals surface area contributed by atoms with Gasteiger partial charge >= 0.3 is 0 Å². The van der Waals surface area contributed by atoms with E-state index in [0.29, 0.717) is 22.4 Å². The molecule has 0 amide bonds. The second kappa shape index (κ2) is 4.46. The molecular weight excluding hydrogens is 231 g/mol. The molecule has 0 aliphatic carbocycles. The number of halogens is 1. The Bertz CT molecular complexity index is 711. The van der Waals surface area contributed by atoms with Crippen molar-refractivity contribution in [3.05, 3.63) is 57.3 Å². The molecule has 0 aliphatic heterocycles. The Balaban J connectivity index is 2.79. The third kappa shape index (κ3) is 2.03. The molecule has 0 unspecified atom stereocenters. The van der Waals surface area contributed by atoms with Crippen LogP contribution in [0.3, 0.4) is 0 Å². The number of nitrogens with one attached hydrogen (secondary N) is 1. The molecule has 0 saturated heterocycles. The second-order valence-electron chi connectivity index (χ2n) is 4.14. The van der Waals surface area contributed by atoms with Crippen molar-refractivity contribution in [2.24, 2.45) is 0 Å². The van der Waals surface area contributed by atoms with Gasteiger partial charge in [-0.2, -0.15) is 5.26 Å². The summed E-state index contributed by atoms with van der Waals surface area (Å²) in [5.74, 6) is -0.337. The lowest BCUT2D eigenvalue weighted by Crippen LogP contribution is -2.13. The van der Waals surface area contributed by atoms with Crippen molar-refractivity contribution in [2.45, 2.75) is 13.8 Å². The summed E-state index contributed by atoms with van der Waals surface area (Å²) in [5.41, 5.74) is 2.22. The fourth-order valence-electron chi connectivity index (χ4n) is 1.94. The van der Waals surface area contributed by atoms with Crippen molar-refractivity contribution >= 4 is 0 Å². The molecule has 1 aromatic heterocycles. The topological polar surface area (TPSA) is 56.6 Å². The van der Waals surface area contributed by atoms with Gasteiger partial charge in [0.15, 0.2) is 0 Å². The minimum Gasteiger partial charge on any atom is -0.325 e. The van der Waals surface area contributed by atoms with Crippen LogP contribution in [0.2, 0.25) is 0 Å². The van der Waals surface area contributed by atoms with Gasteiger partial charge in [-0.3, -0.25) is 4.79 Å². The molecule has 0 spiro atoms. The lowest BCUT2D eigenvalue weighted by Gasteiger charge is -2.08. The average Bonchev–Trinajstić information content (AvgIpc) is 2.28. The van der Waals surface area contributed by atoms with Crippen molar-refractivity contribution in [1.82, 2.24) is 4.98 Å². The third-order valence-corrected chi connectivity index (χ3v) is 2.76. The molecule has 0 bridgehead atoms. The standard InChI is InChI=1S/C14H11FN2O/c1-8-5-10(15)3-4-11(8)12-6-9(2)17-14(18)13(12)7-16/h3-6H,1-2H3,(H,17,18). The van der Waals surface area contributed by atoms with Gasteiger partial charge in [-0.05, 0) is 43.2 Å². The van der Waals surface area contributed by atoms with E-state index in [2.05, 4.69) is 4.98 Å². The van der Waals surface area contributed by atoms with E-state index in [-0.39, 0.29) is 11.4 Å². The predicted molar refractivity (Wildman–Crippen MR) is 66.6 cm³/mol. The van der Waals surface area contributed by atoms with Crippen molar-refractivity contribution in [1.29, 1.82) is 5.26 Å². The van der Waals surface area contributed by atoms with Crippen molar-refractivity contribution in [3.8, 4) is 17.2 Å². The Morgan fingerprint density at radius 1 is 1.22 bits per heavy atom. The molecule has 1 heterocycles. The maximum atomic E-state index is 13.1. The number of aromatic nitrogens is 1. The highest BCUT2D eigenvalue weighted by molar-refractivity contribution is 5.73. The number of aryl methyl sites for hydroxylation is 2. The number of benzene rings is 1. The molecule has 1 N–H and O–H groups in total. The summed E-state index contributed by atoms with van der Waals surface area (Å²) in [6.45, 7) is 3.49. The minimum absolute atomic E-state index is 0.0512. The SMILES string of the molecule is Cc1cc(-c2ccc(F)cc2C)c(C#N)c(=O)[nH]1. The second-order valence-corrected chi connectivity index (χ2v) is 4.14. The fraction of sp³-hybridized carbons (Fsp3) is 0.143. The number of nitriles is 1. The van der Waals surface area contributed by atoms with E-state index in [0.717, 1.165) is 0 Å². The largest absolute Gasteiger partial charge is 0.325 e. The molecular formula is C14H11FN2O. The zero-order valence-electron chi connectivity index (χ0n) is 10.0. The lowest BCUT2D eigenvalue weighted by molar-refractivity contribution is 0.627. The molecule has 2 aromatic rings. The zero-order valence-corrected chi connectivity index (χ0v) is 10.0. The molecule has 0 radical (unpaired) electrons. The number of hydrogen-bond donors (Lipinski definition) is 1. The highest BCUT2D eigenvalue weighted by Gasteiger charge is 2.12. The highest BCUT2D eigenvalue weighted by atomic mass is 19.1. The summed E-state index contributed by atoms with van der Waals surface area (Å²) in [4.78, 5) is 14.3. The van der Waals surface area contributed by atoms with Gasteiger partial charge in [-0.25, -0.2) is 4.39 Å². The van der Waals surface area contributed by atoms with Gasteiger partial charge in [-0.1, -0.05) is 6.07 Å². The van der Waals surface area contributed by atoms with Crippen LogP contribution in [0.25, 0.3) is 11.1 Å². The van der Waals surface area contributed by atoms with E-state index in [9.17, 15) is 9.18 Å². The molecule has 0 fully saturated rings. The fourth-order valence-corrected chi connectivity index (χ4v) is 1.94. The lowest BCUT2D eigenvalue weighted by atomic mass is 9.97. The Hall–Kier alpha value is -2.41. The first-order chi connectivity index (χ1) is 8.52. The van der Waals surface area contributed by atoms with E-state index < -0.39 is 5.56 Å². The molecule has 90 valence electrons. The quantitative estimate of drug-likeness (QED) is 0.835. The summed E-state index contributed by atoms with van der Waals surface area (Å²) >= 11 is 0. The summed E-state index contributed by atoms with van der Waals surface area (Å²) in [6, 6.07) is 7.90. The van der Waals surface area contributed by atoms with E-state index in [1.54, 1.807) is 26.0 Å². The Labute approximate surface area is 104 Å². The molecule has 4 heteroatoms. The summed E-state index contributed by atoms with van der Waals surface area (Å²) in [7, 11) is 0. The van der Waals surface area contributed by atoms with Crippen LogP contribution < -0.4 is 5.56 Å². The Morgan fingerprint density at radius 2 is 1.94 bits per heavy atom. The van der Waals surface area contributed by atoms with Gasteiger partial charge in [0.25, 0.3) is 5.56 Å². The number of nitrogens with zero attached hydrogens (tertiary/aromatic N) is 1. The van der Waals surface area contributed by atoms with Gasteiger partial charge in [0, 0.05) is 11.3 Å². The van der Waals surface area contributed by atoms with E-state index >= 15 is 0 Å². The number of hydrogen-bond acceptors (Lipinski definition) is 2. The Kier molecular flexibility index (Phi) is 2.99. The van der Waals surface area contributed by atoms with E-state index in [1.165, 1.54) is 12.1 Å². The molecule has 0 aliphatic rings. The number of rotatable bonds is 1. The van der Waals surface area contributed by atoms with Crippen LogP contribution in [0.15, 0.2) is 29.1 Å². The molecule has 2 rings (SSSR count). The average molecular weight is 242 g/mol. The molecule has 1 aromatic carbocycles. The summed E-state index contributed by atoms with van der Waals surface area (Å²) in [5, 5.41) is 9.05. The van der Waals surface area contributed by atoms with Crippen LogP contribution in [0.5, 0.6) is 0 Å². The van der Waals surface area contributed by atoms with Crippen LogP contribution in [-0.2, 0) is 0 Å². The number of aromatic amines is 1. The van der Waals surface area contributed by atoms with E-state index in [4.69, 9.17) is 5.26 Å². The van der Waals surface area contributed by atoms with Crippen molar-refractivity contribution < 1.29 is 4.39 Å².